The average Bonchev–Trinajstić information content (AvgIpc) is 3.39. The summed E-state index contributed by atoms with van der Waals surface area (Å²) in [6, 6.07) is 18.6. The van der Waals surface area contributed by atoms with Crippen LogP contribution in [0.15, 0.2) is 60.7 Å². The molecule has 0 radical (unpaired) electrons. The van der Waals surface area contributed by atoms with Gasteiger partial charge in [-0.1, -0.05) is 35.9 Å². The van der Waals surface area contributed by atoms with Crippen molar-refractivity contribution in [2.24, 2.45) is 0 Å². The van der Waals surface area contributed by atoms with Crippen LogP contribution in [0.4, 0.5) is 16.2 Å². The Kier molecular flexibility index (Phi) is 6.15. The van der Waals surface area contributed by atoms with Crippen LogP contribution in [0.25, 0.3) is 0 Å². The van der Waals surface area contributed by atoms with E-state index in [-0.39, 0.29) is 11.9 Å². The number of halogens is 1. The van der Waals surface area contributed by atoms with Crippen LogP contribution in [0, 0.1) is 13.8 Å². The second-order valence-electron chi connectivity index (χ2n) is 8.74. The van der Waals surface area contributed by atoms with Crippen molar-refractivity contribution in [3.05, 3.63) is 87.9 Å². The Morgan fingerprint density at radius 1 is 1.11 bits per heavy atom. The summed E-state index contributed by atoms with van der Waals surface area (Å²) >= 11 is 7.91. The van der Waals surface area contributed by atoms with E-state index >= 15 is 0 Å². The summed E-state index contributed by atoms with van der Waals surface area (Å²) in [6.07, 6.45) is 0. The number of hydrogen-bond acceptors (Lipinski definition) is 4. The number of ether oxygens (including phenoxy) is 1. The van der Waals surface area contributed by atoms with Gasteiger partial charge in [0.2, 0.25) is 0 Å². The molecule has 8 heteroatoms. The molecule has 3 amide bonds. The third-order valence-corrected chi connectivity index (χ3v) is 8.48. The molecule has 2 aliphatic rings. The minimum atomic E-state index is -1.17. The van der Waals surface area contributed by atoms with E-state index < -0.39 is 4.87 Å². The second kappa shape index (κ2) is 9.13. The number of amides is 3. The predicted molar refractivity (Wildman–Crippen MR) is 141 cm³/mol. The predicted octanol–water partition coefficient (Wildman–Crippen LogP) is 5.95. The lowest BCUT2D eigenvalue weighted by atomic mass is 10.1. The van der Waals surface area contributed by atoms with Crippen LogP contribution in [-0.4, -0.2) is 36.2 Å². The Bertz CT molecular complexity index is 1330. The summed E-state index contributed by atoms with van der Waals surface area (Å²) in [6.45, 7) is 4.80. The average molecular weight is 508 g/mol. The van der Waals surface area contributed by atoms with Gasteiger partial charge in [-0.3, -0.25) is 9.69 Å². The van der Waals surface area contributed by atoms with Crippen molar-refractivity contribution in [2.75, 3.05) is 29.6 Å². The lowest BCUT2D eigenvalue weighted by Gasteiger charge is -2.33. The van der Waals surface area contributed by atoms with Crippen LogP contribution in [0.5, 0.6) is 5.75 Å². The lowest BCUT2D eigenvalue weighted by molar-refractivity contribution is -0.123. The highest BCUT2D eigenvalue weighted by atomic mass is 35.5. The van der Waals surface area contributed by atoms with Gasteiger partial charge >= 0.3 is 6.03 Å². The summed E-state index contributed by atoms with van der Waals surface area (Å²) < 4.78 is 5.49. The number of benzene rings is 3. The first kappa shape index (κ1) is 23.6. The zero-order valence-corrected chi connectivity index (χ0v) is 21.4. The number of carbonyl (C=O) groups is 2. The fourth-order valence-electron chi connectivity index (χ4n) is 4.69. The zero-order chi connectivity index (χ0) is 24.7. The van der Waals surface area contributed by atoms with Crippen molar-refractivity contribution in [1.82, 2.24) is 4.90 Å². The van der Waals surface area contributed by atoms with Gasteiger partial charge in [0, 0.05) is 28.6 Å². The van der Waals surface area contributed by atoms with Crippen molar-refractivity contribution in [1.29, 1.82) is 0 Å². The molecule has 0 bridgehead atoms. The van der Waals surface area contributed by atoms with Gasteiger partial charge in [0.15, 0.2) is 4.87 Å². The third-order valence-electron chi connectivity index (χ3n) is 6.69. The molecular weight excluding hydrogens is 482 g/mol. The summed E-state index contributed by atoms with van der Waals surface area (Å²) in [7, 11) is 1.60. The molecule has 2 aliphatic heterocycles. The zero-order valence-electron chi connectivity index (χ0n) is 19.8. The quantitative estimate of drug-likeness (QED) is 0.474. The molecule has 3 aromatic rings. The number of anilines is 2. The SMILES string of the molecule is COc1ccc2c(c1)C1(SCCN1C(=O)Nc1ccc(C)c(C)c1)C(=O)N2Cc1ccccc1Cl. The Labute approximate surface area is 214 Å². The molecule has 1 spiro atoms. The van der Waals surface area contributed by atoms with Gasteiger partial charge < -0.3 is 15.0 Å². The summed E-state index contributed by atoms with van der Waals surface area (Å²) in [5, 5.41) is 3.60. The van der Waals surface area contributed by atoms with E-state index in [4.69, 9.17) is 16.3 Å². The van der Waals surface area contributed by atoms with Crippen LogP contribution in [0.2, 0.25) is 5.02 Å². The molecule has 35 heavy (non-hydrogen) atoms. The molecule has 0 saturated carbocycles. The standard InChI is InChI=1S/C27H26ClN3O3S/c1-17-8-9-20(14-18(17)2)29-26(33)31-12-13-35-27(31)22-15-21(34-3)10-11-24(22)30(25(27)32)16-19-6-4-5-7-23(19)28/h4-11,14-15H,12-13,16H2,1-3H3,(H,29,33). The van der Waals surface area contributed by atoms with Gasteiger partial charge in [-0.2, -0.15) is 0 Å². The maximum atomic E-state index is 14.2. The molecule has 2 heterocycles. The molecule has 1 atom stereocenters. The summed E-state index contributed by atoms with van der Waals surface area (Å²) in [5.74, 6) is 1.12. The van der Waals surface area contributed by atoms with Crippen LogP contribution in [0.1, 0.15) is 22.3 Å². The van der Waals surface area contributed by atoms with E-state index in [1.807, 2.05) is 74.5 Å². The highest BCUT2D eigenvalue weighted by Crippen LogP contribution is 2.55. The molecular formula is C27H26ClN3O3S. The van der Waals surface area contributed by atoms with Crippen molar-refractivity contribution < 1.29 is 14.3 Å². The first-order valence-corrected chi connectivity index (χ1v) is 12.7. The number of hydrogen-bond donors (Lipinski definition) is 1. The van der Waals surface area contributed by atoms with Crippen LogP contribution in [0.3, 0.4) is 0 Å². The summed E-state index contributed by atoms with van der Waals surface area (Å²) in [4.78, 5) is 30.0. The number of fused-ring (bicyclic) bond motifs is 2. The van der Waals surface area contributed by atoms with E-state index in [9.17, 15) is 9.59 Å². The van der Waals surface area contributed by atoms with E-state index in [2.05, 4.69) is 5.32 Å². The fraction of sp³-hybridized carbons (Fsp3) is 0.259. The molecule has 1 unspecified atom stereocenters. The number of carbonyl (C=O) groups excluding carboxylic acids is 2. The highest BCUT2D eigenvalue weighted by molar-refractivity contribution is 8.01. The molecule has 0 aliphatic carbocycles. The van der Waals surface area contributed by atoms with E-state index in [0.717, 1.165) is 27.9 Å². The number of nitrogens with zero attached hydrogens (tertiary/aromatic N) is 2. The molecule has 1 N–H and O–H groups in total. The second-order valence-corrected chi connectivity index (χ2v) is 10.4. The van der Waals surface area contributed by atoms with Crippen molar-refractivity contribution in [3.63, 3.8) is 0 Å². The van der Waals surface area contributed by atoms with E-state index in [1.165, 1.54) is 11.8 Å². The monoisotopic (exact) mass is 507 g/mol. The maximum Gasteiger partial charge on any atom is 0.323 e. The fourth-order valence-corrected chi connectivity index (χ4v) is 6.33. The number of rotatable bonds is 4. The molecule has 180 valence electrons. The molecule has 6 nitrogen and oxygen atoms in total. The molecule has 5 rings (SSSR count). The smallest absolute Gasteiger partial charge is 0.323 e. The van der Waals surface area contributed by atoms with Crippen LogP contribution < -0.4 is 15.0 Å². The number of aryl methyl sites for hydroxylation is 2. The maximum absolute atomic E-state index is 14.2. The Morgan fingerprint density at radius 3 is 2.66 bits per heavy atom. The minimum absolute atomic E-state index is 0.154. The largest absolute Gasteiger partial charge is 0.497 e. The number of urea groups is 1. The lowest BCUT2D eigenvalue weighted by Crippen LogP contribution is -2.51. The number of methoxy groups -OCH3 is 1. The summed E-state index contributed by atoms with van der Waals surface area (Å²) in [5.41, 5.74) is 5.30. The Balaban J connectivity index is 1.55. The number of nitrogens with one attached hydrogen (secondary N) is 1. The van der Waals surface area contributed by atoms with Gasteiger partial charge in [0.25, 0.3) is 5.91 Å². The highest BCUT2D eigenvalue weighted by Gasteiger charge is 2.59. The van der Waals surface area contributed by atoms with Crippen molar-refractivity contribution in [2.45, 2.75) is 25.3 Å². The van der Waals surface area contributed by atoms with Crippen molar-refractivity contribution in [3.8, 4) is 5.75 Å². The van der Waals surface area contributed by atoms with Gasteiger partial charge in [-0.15, -0.1) is 11.8 Å². The Hall–Kier alpha value is -3.16. The van der Waals surface area contributed by atoms with Crippen molar-refractivity contribution >= 4 is 46.7 Å². The molecule has 1 fully saturated rings. The van der Waals surface area contributed by atoms with Gasteiger partial charge in [0.05, 0.1) is 19.3 Å². The Morgan fingerprint density at radius 2 is 1.91 bits per heavy atom. The first-order chi connectivity index (χ1) is 16.8. The van der Waals surface area contributed by atoms with Crippen LogP contribution >= 0.6 is 23.4 Å². The minimum Gasteiger partial charge on any atom is -0.497 e. The normalized spacial score (nSPS) is 18.8. The van der Waals surface area contributed by atoms with E-state index in [0.29, 0.717) is 35.3 Å². The van der Waals surface area contributed by atoms with E-state index in [1.54, 1.807) is 16.9 Å². The molecule has 0 aromatic heterocycles. The van der Waals surface area contributed by atoms with Crippen LogP contribution in [-0.2, 0) is 16.2 Å². The molecule has 1 saturated heterocycles. The number of thioether (sulfide) groups is 1. The van der Waals surface area contributed by atoms with Gasteiger partial charge in [-0.25, -0.2) is 4.79 Å². The topological polar surface area (TPSA) is 61.9 Å². The van der Waals surface area contributed by atoms with Gasteiger partial charge in [-0.05, 0) is 66.9 Å². The first-order valence-electron chi connectivity index (χ1n) is 11.4. The molecule has 3 aromatic carbocycles. The third kappa shape index (κ3) is 3.93. The van der Waals surface area contributed by atoms with Gasteiger partial charge in [0.1, 0.15) is 5.75 Å².